The van der Waals surface area contributed by atoms with Gasteiger partial charge in [-0.1, -0.05) is 23.7 Å². The highest BCUT2D eigenvalue weighted by molar-refractivity contribution is 6.32. The zero-order chi connectivity index (χ0) is 10.7. The summed E-state index contributed by atoms with van der Waals surface area (Å²) >= 11 is 5.95. The molecule has 0 aliphatic rings. The molecule has 0 N–H and O–H groups in total. The molecule has 0 atom stereocenters. The number of benzene rings is 1. The van der Waals surface area contributed by atoms with Gasteiger partial charge in [-0.15, -0.1) is 0 Å². The summed E-state index contributed by atoms with van der Waals surface area (Å²) in [6.07, 6.45) is 1.88. The third-order valence-electron chi connectivity index (χ3n) is 1.98. The molecule has 78 valence electrons. The molecule has 1 aromatic heterocycles. The molecular formula is C11H11ClN2O. The fraction of sp³-hybridized carbons (Fsp3) is 0.182. The average Bonchev–Trinajstić information content (AvgIpc) is 2.63. The second-order valence-electron chi connectivity index (χ2n) is 3.20. The normalized spacial score (nSPS) is 10.3. The summed E-state index contributed by atoms with van der Waals surface area (Å²) in [7, 11) is 1.87. The van der Waals surface area contributed by atoms with Crippen molar-refractivity contribution in [1.29, 1.82) is 0 Å². The van der Waals surface area contributed by atoms with Gasteiger partial charge < -0.3 is 4.74 Å². The maximum atomic E-state index is 5.95. The minimum Gasteiger partial charge on any atom is -0.486 e. The van der Waals surface area contributed by atoms with Gasteiger partial charge in [0.25, 0.3) is 0 Å². The van der Waals surface area contributed by atoms with E-state index in [0.717, 1.165) is 5.69 Å². The Morgan fingerprint density at radius 3 is 2.80 bits per heavy atom. The number of para-hydroxylation sites is 1. The van der Waals surface area contributed by atoms with Gasteiger partial charge in [0.2, 0.25) is 0 Å². The molecule has 0 aliphatic carbocycles. The Bertz CT molecular complexity index is 453. The van der Waals surface area contributed by atoms with Crippen molar-refractivity contribution in [2.75, 3.05) is 0 Å². The summed E-state index contributed by atoms with van der Waals surface area (Å²) in [6.45, 7) is 0.435. The molecule has 0 spiro atoms. The number of hydrogen-bond donors (Lipinski definition) is 0. The Labute approximate surface area is 93.2 Å². The summed E-state index contributed by atoms with van der Waals surface area (Å²) in [6, 6.07) is 9.31. The molecule has 0 bridgehead atoms. The molecule has 1 heterocycles. The van der Waals surface area contributed by atoms with Gasteiger partial charge in [-0.2, -0.15) is 5.10 Å². The zero-order valence-corrected chi connectivity index (χ0v) is 9.11. The van der Waals surface area contributed by atoms with Crippen molar-refractivity contribution in [3.05, 3.63) is 47.2 Å². The Morgan fingerprint density at radius 2 is 2.13 bits per heavy atom. The highest BCUT2D eigenvalue weighted by Crippen LogP contribution is 2.23. The van der Waals surface area contributed by atoms with Crippen LogP contribution in [0.2, 0.25) is 5.02 Å². The number of nitrogens with zero attached hydrogens (tertiary/aromatic N) is 2. The standard InChI is InChI=1S/C11H11ClN2O/c1-14-7-6-9(13-14)8-15-11-5-3-2-4-10(11)12/h2-7H,8H2,1H3. The molecule has 0 radical (unpaired) electrons. The van der Waals surface area contributed by atoms with Crippen LogP contribution in [0.15, 0.2) is 36.5 Å². The summed E-state index contributed by atoms with van der Waals surface area (Å²) in [4.78, 5) is 0. The number of halogens is 1. The number of aryl methyl sites for hydroxylation is 1. The van der Waals surface area contributed by atoms with Crippen LogP contribution in [-0.2, 0) is 13.7 Å². The topological polar surface area (TPSA) is 27.1 Å². The molecule has 15 heavy (non-hydrogen) atoms. The van der Waals surface area contributed by atoms with Crippen molar-refractivity contribution in [2.24, 2.45) is 7.05 Å². The molecule has 3 nitrogen and oxygen atoms in total. The summed E-state index contributed by atoms with van der Waals surface area (Å²) in [5, 5.41) is 4.82. The van der Waals surface area contributed by atoms with Gasteiger partial charge in [-0.05, 0) is 18.2 Å². The fourth-order valence-electron chi connectivity index (χ4n) is 1.25. The largest absolute Gasteiger partial charge is 0.486 e. The summed E-state index contributed by atoms with van der Waals surface area (Å²) < 4.78 is 7.27. The highest BCUT2D eigenvalue weighted by atomic mass is 35.5. The first-order valence-electron chi connectivity index (χ1n) is 4.61. The van der Waals surface area contributed by atoms with Gasteiger partial charge in [0, 0.05) is 13.2 Å². The Hall–Kier alpha value is -1.48. The van der Waals surface area contributed by atoms with E-state index in [4.69, 9.17) is 16.3 Å². The van der Waals surface area contributed by atoms with E-state index < -0.39 is 0 Å². The van der Waals surface area contributed by atoms with E-state index in [1.54, 1.807) is 10.7 Å². The Morgan fingerprint density at radius 1 is 1.33 bits per heavy atom. The first-order chi connectivity index (χ1) is 7.25. The molecule has 1 aromatic carbocycles. The van der Waals surface area contributed by atoms with Gasteiger partial charge in [-0.25, -0.2) is 0 Å². The van der Waals surface area contributed by atoms with Crippen LogP contribution in [-0.4, -0.2) is 9.78 Å². The predicted octanol–water partition coefficient (Wildman–Crippen LogP) is 2.65. The van der Waals surface area contributed by atoms with E-state index in [2.05, 4.69) is 5.10 Å². The van der Waals surface area contributed by atoms with E-state index >= 15 is 0 Å². The van der Waals surface area contributed by atoms with Crippen LogP contribution in [0.3, 0.4) is 0 Å². The smallest absolute Gasteiger partial charge is 0.138 e. The third kappa shape index (κ3) is 2.50. The molecule has 0 aliphatic heterocycles. The van der Waals surface area contributed by atoms with Gasteiger partial charge >= 0.3 is 0 Å². The second kappa shape index (κ2) is 4.36. The molecular weight excluding hydrogens is 212 g/mol. The lowest BCUT2D eigenvalue weighted by molar-refractivity contribution is 0.300. The van der Waals surface area contributed by atoms with E-state index in [1.165, 1.54) is 0 Å². The van der Waals surface area contributed by atoms with Gasteiger partial charge in [0.15, 0.2) is 0 Å². The van der Waals surface area contributed by atoms with Crippen molar-refractivity contribution in [3.8, 4) is 5.75 Å². The van der Waals surface area contributed by atoms with Gasteiger partial charge in [-0.3, -0.25) is 4.68 Å². The van der Waals surface area contributed by atoms with Crippen LogP contribution >= 0.6 is 11.6 Å². The van der Waals surface area contributed by atoms with Crippen LogP contribution in [0.1, 0.15) is 5.69 Å². The minimum absolute atomic E-state index is 0.435. The minimum atomic E-state index is 0.435. The van der Waals surface area contributed by atoms with Crippen LogP contribution in [0.25, 0.3) is 0 Å². The molecule has 2 aromatic rings. The van der Waals surface area contributed by atoms with E-state index in [9.17, 15) is 0 Å². The predicted molar refractivity (Wildman–Crippen MR) is 59.0 cm³/mol. The second-order valence-corrected chi connectivity index (χ2v) is 3.61. The number of rotatable bonds is 3. The molecule has 2 rings (SSSR count). The van der Waals surface area contributed by atoms with Crippen molar-refractivity contribution in [3.63, 3.8) is 0 Å². The van der Waals surface area contributed by atoms with Crippen molar-refractivity contribution in [1.82, 2.24) is 9.78 Å². The third-order valence-corrected chi connectivity index (χ3v) is 2.29. The average molecular weight is 223 g/mol. The number of hydrogen-bond acceptors (Lipinski definition) is 2. The van der Waals surface area contributed by atoms with E-state index in [1.807, 2.05) is 37.5 Å². The van der Waals surface area contributed by atoms with Crippen LogP contribution < -0.4 is 4.74 Å². The maximum Gasteiger partial charge on any atom is 0.138 e. The lowest BCUT2D eigenvalue weighted by Crippen LogP contribution is -1.98. The fourth-order valence-corrected chi connectivity index (χ4v) is 1.44. The van der Waals surface area contributed by atoms with E-state index in [-0.39, 0.29) is 0 Å². The summed E-state index contributed by atoms with van der Waals surface area (Å²) in [5.74, 6) is 0.685. The zero-order valence-electron chi connectivity index (χ0n) is 8.35. The maximum absolute atomic E-state index is 5.95. The molecule has 0 fully saturated rings. The first kappa shape index (κ1) is 10.1. The quantitative estimate of drug-likeness (QED) is 0.799. The SMILES string of the molecule is Cn1ccc(COc2ccccc2Cl)n1. The van der Waals surface area contributed by atoms with Crippen molar-refractivity contribution in [2.45, 2.75) is 6.61 Å². The molecule has 0 saturated heterocycles. The highest BCUT2D eigenvalue weighted by Gasteiger charge is 2.01. The van der Waals surface area contributed by atoms with Crippen molar-refractivity contribution >= 4 is 11.6 Å². The monoisotopic (exact) mass is 222 g/mol. The van der Waals surface area contributed by atoms with E-state index in [0.29, 0.717) is 17.4 Å². The molecule has 0 saturated carbocycles. The number of ether oxygens (including phenoxy) is 1. The molecule has 0 amide bonds. The number of aromatic nitrogens is 2. The molecule has 0 unspecified atom stereocenters. The Kier molecular flexibility index (Phi) is 2.92. The Balaban J connectivity index is 2.02. The first-order valence-corrected chi connectivity index (χ1v) is 4.99. The van der Waals surface area contributed by atoms with Crippen LogP contribution in [0.4, 0.5) is 0 Å². The van der Waals surface area contributed by atoms with Crippen LogP contribution in [0.5, 0.6) is 5.75 Å². The summed E-state index contributed by atoms with van der Waals surface area (Å²) in [5.41, 5.74) is 0.886. The van der Waals surface area contributed by atoms with Crippen LogP contribution in [0, 0.1) is 0 Å². The van der Waals surface area contributed by atoms with Gasteiger partial charge in [0.05, 0.1) is 10.7 Å². The lowest BCUT2D eigenvalue weighted by Gasteiger charge is -2.05. The van der Waals surface area contributed by atoms with Crippen molar-refractivity contribution < 1.29 is 4.74 Å². The molecule has 4 heteroatoms. The van der Waals surface area contributed by atoms with Gasteiger partial charge in [0.1, 0.15) is 12.4 Å². The lowest BCUT2D eigenvalue weighted by atomic mass is 10.3.